The lowest BCUT2D eigenvalue weighted by molar-refractivity contribution is -0.385. The first-order valence-corrected chi connectivity index (χ1v) is 6.14. The van der Waals surface area contributed by atoms with E-state index in [2.05, 4.69) is 21.9 Å². The van der Waals surface area contributed by atoms with E-state index in [0.717, 1.165) is 25.3 Å². The highest BCUT2D eigenvalue weighted by molar-refractivity contribution is 5.85. The van der Waals surface area contributed by atoms with Crippen LogP contribution in [0.4, 0.5) is 10.5 Å². The molecular formula is C13H12N3O6-. The van der Waals surface area contributed by atoms with Crippen molar-refractivity contribution in [1.82, 2.24) is 10.6 Å². The number of urea groups is 1. The van der Waals surface area contributed by atoms with Crippen LogP contribution in [0.15, 0.2) is 30.5 Å². The average molecular weight is 306 g/mol. The van der Waals surface area contributed by atoms with Gasteiger partial charge in [0.1, 0.15) is 5.92 Å². The fourth-order valence-corrected chi connectivity index (χ4v) is 2.24. The van der Waals surface area contributed by atoms with Crippen LogP contribution in [0.3, 0.4) is 0 Å². The van der Waals surface area contributed by atoms with Crippen molar-refractivity contribution in [3.63, 3.8) is 0 Å². The molecular weight excluding hydrogens is 294 g/mol. The second kappa shape index (κ2) is 5.72. The molecule has 9 nitrogen and oxygen atoms in total. The Hall–Kier alpha value is -3.10. The molecule has 1 aromatic carbocycles. The van der Waals surface area contributed by atoms with Gasteiger partial charge in [0.15, 0.2) is 0 Å². The fourth-order valence-electron chi connectivity index (χ4n) is 2.24. The van der Waals surface area contributed by atoms with Gasteiger partial charge in [-0.05, 0) is 5.56 Å². The quantitative estimate of drug-likeness (QED) is 0.469. The van der Waals surface area contributed by atoms with Gasteiger partial charge >= 0.3 is 12.0 Å². The first-order valence-electron chi connectivity index (χ1n) is 6.14. The fraction of sp³-hybridized carbons (Fsp3) is 0.231. The highest BCUT2D eigenvalue weighted by Crippen LogP contribution is 2.35. The molecule has 0 spiro atoms. The molecule has 2 atom stereocenters. The largest absolute Gasteiger partial charge is 0.872 e. The van der Waals surface area contributed by atoms with Crippen LogP contribution in [0.2, 0.25) is 0 Å². The van der Waals surface area contributed by atoms with Crippen LogP contribution in [-0.4, -0.2) is 24.0 Å². The van der Waals surface area contributed by atoms with Crippen molar-refractivity contribution in [2.45, 2.75) is 6.04 Å². The van der Waals surface area contributed by atoms with Crippen LogP contribution >= 0.6 is 0 Å². The molecule has 2 amide bonds. The number of nitrogens with one attached hydrogen (secondary N) is 2. The van der Waals surface area contributed by atoms with E-state index in [0.29, 0.717) is 0 Å². The van der Waals surface area contributed by atoms with Gasteiger partial charge in [-0.2, -0.15) is 0 Å². The van der Waals surface area contributed by atoms with Gasteiger partial charge in [-0.15, -0.1) is 5.75 Å². The maximum absolute atomic E-state index is 12.0. The molecule has 0 unspecified atom stereocenters. The minimum atomic E-state index is -1.10. The highest BCUT2D eigenvalue weighted by atomic mass is 16.6. The number of methoxy groups -OCH3 is 1. The average Bonchev–Trinajstić information content (AvgIpc) is 2.46. The zero-order valence-corrected chi connectivity index (χ0v) is 11.5. The molecule has 1 aliphatic rings. The maximum Gasteiger partial charge on any atom is 0.319 e. The van der Waals surface area contributed by atoms with Crippen molar-refractivity contribution >= 4 is 17.7 Å². The molecule has 116 valence electrons. The molecule has 1 aromatic rings. The molecule has 22 heavy (non-hydrogen) atoms. The van der Waals surface area contributed by atoms with E-state index in [1.165, 1.54) is 0 Å². The van der Waals surface area contributed by atoms with E-state index in [4.69, 9.17) is 0 Å². The van der Waals surface area contributed by atoms with Gasteiger partial charge in [-0.3, -0.25) is 14.9 Å². The molecule has 0 aliphatic carbocycles. The van der Waals surface area contributed by atoms with Crippen LogP contribution < -0.4 is 15.7 Å². The van der Waals surface area contributed by atoms with Gasteiger partial charge in [0.2, 0.25) is 0 Å². The Morgan fingerprint density at radius 2 is 2.14 bits per heavy atom. The number of carbonyl (C=O) groups excluding carboxylic acids is 2. The number of rotatable bonds is 3. The van der Waals surface area contributed by atoms with Crippen molar-refractivity contribution < 1.29 is 24.4 Å². The number of ether oxygens (including phenoxy) is 1. The highest BCUT2D eigenvalue weighted by Gasteiger charge is 2.39. The van der Waals surface area contributed by atoms with E-state index in [1.807, 2.05) is 0 Å². The molecule has 0 saturated carbocycles. The monoisotopic (exact) mass is 306 g/mol. The van der Waals surface area contributed by atoms with Crippen molar-refractivity contribution in [2.75, 3.05) is 7.11 Å². The lowest BCUT2D eigenvalue weighted by Crippen LogP contribution is -2.51. The summed E-state index contributed by atoms with van der Waals surface area (Å²) in [5, 5.41) is 27.6. The predicted octanol–water partition coefficient (Wildman–Crippen LogP) is 0.325. The number of amides is 2. The van der Waals surface area contributed by atoms with Crippen molar-refractivity contribution in [2.24, 2.45) is 5.92 Å². The topological polar surface area (TPSA) is 134 Å². The summed E-state index contributed by atoms with van der Waals surface area (Å²) in [7, 11) is 1.15. The normalized spacial score (nSPS) is 20.8. The van der Waals surface area contributed by atoms with Gasteiger partial charge in [-0.25, -0.2) is 4.79 Å². The Labute approximate surface area is 124 Å². The minimum Gasteiger partial charge on any atom is -0.872 e. The molecule has 2 rings (SSSR count). The van der Waals surface area contributed by atoms with E-state index in [-0.39, 0.29) is 16.9 Å². The first kappa shape index (κ1) is 15.3. The summed E-state index contributed by atoms with van der Waals surface area (Å²) in [6, 6.07) is 1.33. The maximum atomic E-state index is 12.0. The first-order chi connectivity index (χ1) is 10.3. The number of esters is 1. The number of non-ortho nitro benzene ring substituents is 1. The molecule has 0 radical (unpaired) electrons. The van der Waals surface area contributed by atoms with Crippen molar-refractivity contribution in [1.29, 1.82) is 0 Å². The van der Waals surface area contributed by atoms with E-state index < -0.39 is 34.6 Å². The van der Waals surface area contributed by atoms with Gasteiger partial charge in [0, 0.05) is 17.8 Å². The third kappa shape index (κ3) is 2.68. The number of benzene rings is 1. The Bertz CT molecular complexity index is 672. The number of nitrogens with zero attached hydrogens (tertiary/aromatic N) is 1. The van der Waals surface area contributed by atoms with Gasteiger partial charge in [0.05, 0.1) is 18.1 Å². The predicted molar refractivity (Wildman–Crippen MR) is 71.6 cm³/mol. The van der Waals surface area contributed by atoms with Crippen LogP contribution in [0.1, 0.15) is 11.6 Å². The Morgan fingerprint density at radius 1 is 1.45 bits per heavy atom. The number of nitro groups is 1. The minimum absolute atomic E-state index is 0.0477. The van der Waals surface area contributed by atoms with Crippen LogP contribution in [0.5, 0.6) is 5.75 Å². The summed E-state index contributed by atoms with van der Waals surface area (Å²) >= 11 is 0. The summed E-state index contributed by atoms with van der Waals surface area (Å²) < 4.78 is 4.64. The second-order valence-corrected chi connectivity index (χ2v) is 4.58. The van der Waals surface area contributed by atoms with Gasteiger partial charge < -0.3 is 20.5 Å². The summed E-state index contributed by atoms with van der Waals surface area (Å²) in [5.74, 6) is -2.34. The van der Waals surface area contributed by atoms with E-state index >= 15 is 0 Å². The van der Waals surface area contributed by atoms with Crippen molar-refractivity contribution in [3.05, 3.63) is 46.2 Å². The molecule has 1 heterocycles. The number of hydrogen-bond acceptors (Lipinski definition) is 6. The molecule has 1 aliphatic heterocycles. The number of hydrogen-bond donors (Lipinski definition) is 2. The Morgan fingerprint density at radius 3 is 2.73 bits per heavy atom. The standard InChI is InChI=1S/C13H13N3O6/c1-6-10(12(18)22-2)11(15-13(19)14-6)8-5-7(16(20)21)3-4-9(8)17/h3-5,10-11,17H,1H2,2H3,(H2,14,15,19)/p-1/t10-,11+/m0/s1. The summed E-state index contributed by atoms with van der Waals surface area (Å²) in [5.41, 5.74) is -0.358. The van der Waals surface area contributed by atoms with Gasteiger partial charge in [0.25, 0.3) is 5.69 Å². The Balaban J connectivity index is 2.52. The molecule has 1 saturated heterocycles. The van der Waals surface area contributed by atoms with Crippen LogP contribution in [-0.2, 0) is 9.53 Å². The summed E-state index contributed by atoms with van der Waals surface area (Å²) in [6.07, 6.45) is 0. The third-order valence-electron chi connectivity index (χ3n) is 3.26. The Kier molecular flexibility index (Phi) is 3.97. The molecule has 0 bridgehead atoms. The molecule has 2 N–H and O–H groups in total. The zero-order valence-electron chi connectivity index (χ0n) is 11.5. The number of nitro benzene ring substituents is 1. The van der Waals surface area contributed by atoms with Crippen LogP contribution in [0.25, 0.3) is 0 Å². The number of carbonyl (C=O) groups is 2. The van der Waals surface area contributed by atoms with Gasteiger partial charge in [-0.1, -0.05) is 12.6 Å². The van der Waals surface area contributed by atoms with Crippen LogP contribution in [0, 0.1) is 16.0 Å². The molecule has 1 fully saturated rings. The SMILES string of the molecule is C=C1NC(=O)N[C@H](c2cc([N+](=O)[O-])ccc2[O-])[C@H]1C(=O)OC. The lowest BCUT2D eigenvalue weighted by Gasteiger charge is -2.34. The second-order valence-electron chi connectivity index (χ2n) is 4.58. The summed E-state index contributed by atoms with van der Waals surface area (Å²) in [4.78, 5) is 33.6. The molecule has 9 heteroatoms. The van der Waals surface area contributed by atoms with E-state index in [9.17, 15) is 24.8 Å². The van der Waals surface area contributed by atoms with E-state index in [1.54, 1.807) is 0 Å². The lowest BCUT2D eigenvalue weighted by atomic mass is 9.88. The molecule has 0 aromatic heterocycles. The zero-order chi connectivity index (χ0) is 16.4. The summed E-state index contributed by atoms with van der Waals surface area (Å²) in [6.45, 7) is 3.57. The van der Waals surface area contributed by atoms with Crippen molar-refractivity contribution in [3.8, 4) is 5.75 Å². The smallest absolute Gasteiger partial charge is 0.319 e. The third-order valence-corrected chi connectivity index (χ3v) is 3.26.